The second-order valence-corrected chi connectivity index (χ2v) is 4.58. The fraction of sp³-hybridized carbons (Fsp3) is 0.385. The first-order chi connectivity index (χ1) is 8.27. The van der Waals surface area contributed by atoms with Gasteiger partial charge in [0.25, 0.3) is 0 Å². The summed E-state index contributed by atoms with van der Waals surface area (Å²) >= 11 is 0. The number of benzene rings is 1. The van der Waals surface area contributed by atoms with Gasteiger partial charge < -0.3 is 10.4 Å². The molecule has 1 amide bonds. The summed E-state index contributed by atoms with van der Waals surface area (Å²) in [6.45, 7) is 4.72. The summed E-state index contributed by atoms with van der Waals surface area (Å²) in [4.78, 5) is 23.0. The van der Waals surface area contributed by atoms with Crippen LogP contribution in [0.2, 0.25) is 0 Å². The van der Waals surface area contributed by atoms with Gasteiger partial charge in [-0.1, -0.05) is 26.0 Å². The Labute approximate surface area is 105 Å². The van der Waals surface area contributed by atoms with Gasteiger partial charge in [0.2, 0.25) is 5.91 Å². The van der Waals surface area contributed by atoms with Crippen LogP contribution in [0.25, 0.3) is 0 Å². The van der Waals surface area contributed by atoms with Crippen molar-refractivity contribution in [1.82, 2.24) is 5.32 Å². The Bertz CT molecular complexity index is 456. The van der Waals surface area contributed by atoms with Crippen LogP contribution in [0.15, 0.2) is 24.3 Å². The molecule has 0 spiro atoms. The zero-order chi connectivity index (χ0) is 13.9. The van der Waals surface area contributed by atoms with Crippen molar-refractivity contribution in [3.05, 3.63) is 35.6 Å². The van der Waals surface area contributed by atoms with Crippen LogP contribution in [0.1, 0.15) is 26.3 Å². The van der Waals surface area contributed by atoms with Gasteiger partial charge in [0.05, 0.1) is 0 Å². The minimum atomic E-state index is -1.56. The van der Waals surface area contributed by atoms with Crippen molar-refractivity contribution in [2.45, 2.75) is 26.3 Å². The standard InChI is InChI=1S/C13H16FNO3/c1-8(2)11(16)15-13(3,12(17)18)9-4-6-10(14)7-5-9/h4-8H,1-3H3,(H,15,16)(H,17,18). The SMILES string of the molecule is CC(C)C(=O)NC(C)(C(=O)O)c1ccc(F)cc1. The van der Waals surface area contributed by atoms with Gasteiger partial charge in [-0.3, -0.25) is 4.79 Å². The molecule has 1 rings (SSSR count). The monoisotopic (exact) mass is 253 g/mol. The van der Waals surface area contributed by atoms with Gasteiger partial charge in [-0.2, -0.15) is 0 Å². The Morgan fingerprint density at radius 2 is 1.78 bits per heavy atom. The molecule has 0 bridgehead atoms. The first-order valence-electron chi connectivity index (χ1n) is 5.59. The van der Waals surface area contributed by atoms with Crippen LogP contribution in [-0.4, -0.2) is 17.0 Å². The fourth-order valence-corrected chi connectivity index (χ4v) is 1.42. The van der Waals surface area contributed by atoms with E-state index in [0.29, 0.717) is 5.56 Å². The number of aliphatic carboxylic acids is 1. The normalized spacial score (nSPS) is 14.1. The van der Waals surface area contributed by atoms with Crippen LogP contribution in [-0.2, 0) is 15.1 Å². The number of amides is 1. The third-order valence-corrected chi connectivity index (χ3v) is 2.75. The molecule has 0 aliphatic carbocycles. The van der Waals surface area contributed by atoms with Gasteiger partial charge in [0, 0.05) is 5.92 Å². The highest BCUT2D eigenvalue weighted by molar-refractivity contribution is 5.88. The predicted molar refractivity (Wildman–Crippen MR) is 64.4 cm³/mol. The van der Waals surface area contributed by atoms with Crippen molar-refractivity contribution >= 4 is 11.9 Å². The maximum atomic E-state index is 12.8. The van der Waals surface area contributed by atoms with Gasteiger partial charge in [0.1, 0.15) is 5.82 Å². The quantitative estimate of drug-likeness (QED) is 0.861. The lowest BCUT2D eigenvalue weighted by Crippen LogP contribution is -2.50. The molecule has 0 fully saturated rings. The third-order valence-electron chi connectivity index (χ3n) is 2.75. The summed E-state index contributed by atoms with van der Waals surface area (Å²) in [7, 11) is 0. The van der Waals surface area contributed by atoms with Crippen molar-refractivity contribution < 1.29 is 19.1 Å². The molecule has 1 aromatic carbocycles. The molecule has 0 saturated carbocycles. The molecule has 5 heteroatoms. The van der Waals surface area contributed by atoms with Crippen molar-refractivity contribution in [2.75, 3.05) is 0 Å². The second-order valence-electron chi connectivity index (χ2n) is 4.58. The highest BCUT2D eigenvalue weighted by Crippen LogP contribution is 2.22. The van der Waals surface area contributed by atoms with E-state index in [9.17, 15) is 19.1 Å². The van der Waals surface area contributed by atoms with E-state index in [-0.39, 0.29) is 11.8 Å². The molecular weight excluding hydrogens is 237 g/mol. The number of carboxylic acids is 1. The summed E-state index contributed by atoms with van der Waals surface area (Å²) in [5.74, 6) is -2.35. The zero-order valence-electron chi connectivity index (χ0n) is 10.5. The number of nitrogens with one attached hydrogen (secondary N) is 1. The molecule has 0 radical (unpaired) electrons. The van der Waals surface area contributed by atoms with E-state index in [2.05, 4.69) is 5.32 Å². The summed E-state index contributed by atoms with van der Waals surface area (Å²) in [6, 6.07) is 5.03. The van der Waals surface area contributed by atoms with Crippen LogP contribution >= 0.6 is 0 Å². The summed E-state index contributed by atoms with van der Waals surface area (Å²) in [5, 5.41) is 11.7. The highest BCUT2D eigenvalue weighted by atomic mass is 19.1. The fourth-order valence-electron chi connectivity index (χ4n) is 1.42. The van der Waals surface area contributed by atoms with Gasteiger partial charge in [-0.25, -0.2) is 9.18 Å². The van der Waals surface area contributed by atoms with Crippen molar-refractivity contribution in [3.8, 4) is 0 Å². The zero-order valence-corrected chi connectivity index (χ0v) is 10.5. The highest BCUT2D eigenvalue weighted by Gasteiger charge is 2.37. The first kappa shape index (κ1) is 14.2. The third kappa shape index (κ3) is 2.85. The number of halogens is 1. The van der Waals surface area contributed by atoms with Gasteiger partial charge in [0.15, 0.2) is 5.54 Å². The molecule has 0 saturated heterocycles. The lowest BCUT2D eigenvalue weighted by atomic mass is 9.91. The molecule has 98 valence electrons. The average molecular weight is 253 g/mol. The topological polar surface area (TPSA) is 66.4 Å². The number of rotatable bonds is 4. The number of hydrogen-bond acceptors (Lipinski definition) is 2. The van der Waals surface area contributed by atoms with Crippen LogP contribution in [0.3, 0.4) is 0 Å². The number of carboxylic acid groups (broad SMARTS) is 1. The van der Waals surface area contributed by atoms with Crippen molar-refractivity contribution in [3.63, 3.8) is 0 Å². The van der Waals surface area contributed by atoms with Crippen LogP contribution in [0.4, 0.5) is 4.39 Å². The van der Waals surface area contributed by atoms with Crippen LogP contribution in [0.5, 0.6) is 0 Å². The Balaban J connectivity index is 3.11. The Morgan fingerprint density at radius 3 is 2.17 bits per heavy atom. The molecular formula is C13H16FNO3. The first-order valence-corrected chi connectivity index (χ1v) is 5.59. The van der Waals surface area contributed by atoms with E-state index >= 15 is 0 Å². The minimum absolute atomic E-state index is 0.324. The van der Waals surface area contributed by atoms with E-state index < -0.39 is 17.3 Å². The van der Waals surface area contributed by atoms with Gasteiger partial charge >= 0.3 is 5.97 Å². The van der Waals surface area contributed by atoms with Crippen LogP contribution < -0.4 is 5.32 Å². The van der Waals surface area contributed by atoms with Gasteiger partial charge in [-0.05, 0) is 24.6 Å². The molecule has 18 heavy (non-hydrogen) atoms. The minimum Gasteiger partial charge on any atom is -0.479 e. The summed E-state index contributed by atoms with van der Waals surface area (Å²) < 4.78 is 12.8. The summed E-state index contributed by atoms with van der Waals surface area (Å²) in [6.07, 6.45) is 0. The van der Waals surface area contributed by atoms with E-state index in [1.54, 1.807) is 13.8 Å². The lowest BCUT2D eigenvalue weighted by molar-refractivity contribution is -0.147. The molecule has 0 aliphatic rings. The molecule has 2 N–H and O–H groups in total. The van der Waals surface area contributed by atoms with E-state index in [0.717, 1.165) is 12.1 Å². The molecule has 0 heterocycles. The average Bonchev–Trinajstić information content (AvgIpc) is 2.29. The number of carbonyl (C=O) groups excluding carboxylic acids is 1. The predicted octanol–water partition coefficient (Wildman–Crippen LogP) is 1.90. The Kier molecular flexibility index (Phi) is 4.06. The van der Waals surface area contributed by atoms with Crippen LogP contribution in [0, 0.1) is 11.7 Å². The van der Waals surface area contributed by atoms with E-state index in [1.807, 2.05) is 0 Å². The summed E-state index contributed by atoms with van der Waals surface area (Å²) in [5.41, 5.74) is -1.24. The van der Waals surface area contributed by atoms with Crippen molar-refractivity contribution in [2.24, 2.45) is 5.92 Å². The molecule has 0 aliphatic heterocycles. The second kappa shape index (κ2) is 5.16. The smallest absolute Gasteiger partial charge is 0.333 e. The van der Waals surface area contributed by atoms with E-state index in [1.165, 1.54) is 19.1 Å². The Morgan fingerprint density at radius 1 is 1.28 bits per heavy atom. The lowest BCUT2D eigenvalue weighted by Gasteiger charge is -2.27. The van der Waals surface area contributed by atoms with Gasteiger partial charge in [-0.15, -0.1) is 0 Å². The molecule has 1 aromatic rings. The molecule has 1 atom stereocenters. The molecule has 0 aromatic heterocycles. The number of hydrogen-bond donors (Lipinski definition) is 2. The molecule has 1 unspecified atom stereocenters. The Hall–Kier alpha value is -1.91. The molecule has 4 nitrogen and oxygen atoms in total. The maximum absolute atomic E-state index is 12.8. The number of carbonyl (C=O) groups is 2. The largest absolute Gasteiger partial charge is 0.479 e. The van der Waals surface area contributed by atoms with E-state index in [4.69, 9.17) is 0 Å². The van der Waals surface area contributed by atoms with Crippen molar-refractivity contribution in [1.29, 1.82) is 0 Å². The maximum Gasteiger partial charge on any atom is 0.333 e.